The highest BCUT2D eigenvalue weighted by molar-refractivity contribution is 9.10. The molecule has 1 unspecified atom stereocenters. The van der Waals surface area contributed by atoms with Crippen LogP contribution in [-0.4, -0.2) is 37.4 Å². The molecular formula is C23H16BrF3N4O7. The number of alkyl halides is 3. The number of nitro groups is 1. The van der Waals surface area contributed by atoms with Gasteiger partial charge in [0.2, 0.25) is 0 Å². The number of hydrogen-bond donors (Lipinski definition) is 1. The van der Waals surface area contributed by atoms with Gasteiger partial charge in [0, 0.05) is 0 Å². The van der Waals surface area contributed by atoms with Crippen LogP contribution in [0.1, 0.15) is 11.5 Å². The zero-order valence-electron chi connectivity index (χ0n) is 19.4. The summed E-state index contributed by atoms with van der Waals surface area (Å²) in [6, 6.07) is 11.0. The molecule has 0 radical (unpaired) electrons. The van der Waals surface area contributed by atoms with E-state index >= 15 is 0 Å². The molecule has 1 aliphatic heterocycles. The Morgan fingerprint density at radius 2 is 1.76 bits per heavy atom. The smallest absolute Gasteiger partial charge is 0.466 e. The Kier molecular flexibility index (Phi) is 7.96. The van der Waals surface area contributed by atoms with Gasteiger partial charge in [0.05, 0.1) is 52.8 Å². The molecule has 0 saturated carbocycles. The molecule has 15 heteroatoms. The van der Waals surface area contributed by atoms with Crippen LogP contribution in [0, 0.1) is 21.4 Å². The molecular weight excluding hydrogens is 581 g/mol. The first-order chi connectivity index (χ1) is 17.9. The molecule has 0 amide bonds. The largest absolute Gasteiger partial charge is 0.573 e. The summed E-state index contributed by atoms with van der Waals surface area (Å²) in [6.07, 6.45) is -5.18. The summed E-state index contributed by atoms with van der Waals surface area (Å²) in [5.41, 5.74) is 3.63. The van der Waals surface area contributed by atoms with E-state index in [9.17, 15) is 38.1 Å². The zero-order chi connectivity index (χ0) is 28.4. The molecule has 1 aliphatic rings. The first-order valence-corrected chi connectivity index (χ1v) is 11.0. The summed E-state index contributed by atoms with van der Waals surface area (Å²) in [4.78, 5) is 37.8. The summed E-state index contributed by atoms with van der Waals surface area (Å²) in [6.45, 7) is 0. The van der Waals surface area contributed by atoms with Gasteiger partial charge < -0.3 is 19.9 Å². The Hall–Kier alpha value is -4.58. The van der Waals surface area contributed by atoms with Gasteiger partial charge in [-0.15, -0.1) is 13.2 Å². The molecule has 1 heterocycles. The van der Waals surface area contributed by atoms with Crippen LogP contribution < -0.4 is 15.4 Å². The molecule has 2 aromatic rings. The van der Waals surface area contributed by atoms with E-state index in [1.807, 2.05) is 6.07 Å². The number of hydrogen-bond acceptors (Lipinski definition) is 10. The van der Waals surface area contributed by atoms with Gasteiger partial charge in [0.25, 0.3) is 5.69 Å². The second-order valence-electron chi connectivity index (χ2n) is 7.41. The average Bonchev–Trinajstić information content (AvgIpc) is 2.86. The molecule has 198 valence electrons. The van der Waals surface area contributed by atoms with Gasteiger partial charge in [-0.2, -0.15) is 5.26 Å². The number of rotatable bonds is 6. The number of nitro benzene ring substituents is 1. The van der Waals surface area contributed by atoms with Crippen molar-refractivity contribution in [2.75, 3.05) is 19.1 Å². The second-order valence-corrected chi connectivity index (χ2v) is 8.27. The Labute approximate surface area is 220 Å². The van der Waals surface area contributed by atoms with Crippen molar-refractivity contribution < 1.29 is 41.9 Å². The molecule has 1 atom stereocenters. The molecule has 2 N–H and O–H groups in total. The first kappa shape index (κ1) is 28.0. The van der Waals surface area contributed by atoms with Gasteiger partial charge in [-0.1, -0.05) is 30.3 Å². The molecule has 38 heavy (non-hydrogen) atoms. The SMILES string of the molecule is COC(=O)C1=C(C(=O)OC)N(c2c(Br)cc(OC(F)(F)F)cc2[N+](=O)[O-])C(N)=C(C#N)C1c1ccccc1. The van der Waals surface area contributed by atoms with E-state index in [0.29, 0.717) is 16.5 Å². The number of carbonyl (C=O) groups is 2. The highest BCUT2D eigenvalue weighted by atomic mass is 79.9. The summed E-state index contributed by atoms with van der Waals surface area (Å²) in [7, 11) is 1.97. The molecule has 2 aromatic carbocycles. The summed E-state index contributed by atoms with van der Waals surface area (Å²) < 4.78 is 51.6. The number of carbonyl (C=O) groups excluding carboxylic acids is 2. The van der Waals surface area contributed by atoms with Gasteiger partial charge in [-0.25, -0.2) is 9.59 Å². The van der Waals surface area contributed by atoms with Crippen LogP contribution in [0.15, 0.2) is 69.6 Å². The van der Waals surface area contributed by atoms with Crippen molar-refractivity contribution >= 4 is 39.2 Å². The van der Waals surface area contributed by atoms with E-state index in [2.05, 4.69) is 20.7 Å². The fourth-order valence-electron chi connectivity index (χ4n) is 3.86. The van der Waals surface area contributed by atoms with Crippen molar-refractivity contribution in [1.82, 2.24) is 0 Å². The van der Waals surface area contributed by atoms with E-state index in [0.717, 1.165) is 20.3 Å². The normalized spacial score (nSPS) is 15.6. The van der Waals surface area contributed by atoms with Crippen molar-refractivity contribution in [1.29, 1.82) is 5.26 Å². The van der Waals surface area contributed by atoms with Crippen LogP contribution in [0.3, 0.4) is 0 Å². The minimum absolute atomic E-state index is 0.305. The maximum absolute atomic E-state index is 13.1. The third kappa shape index (κ3) is 5.25. The molecule has 0 spiro atoms. The maximum Gasteiger partial charge on any atom is 0.573 e. The lowest BCUT2D eigenvalue weighted by atomic mass is 9.81. The predicted octanol–water partition coefficient (Wildman–Crippen LogP) is 4.15. The Morgan fingerprint density at radius 3 is 2.26 bits per heavy atom. The van der Waals surface area contributed by atoms with Gasteiger partial charge in [-0.3, -0.25) is 15.0 Å². The average molecular weight is 597 g/mol. The standard InChI is InChI=1S/C23H16BrF3N4O7/c1-36-21(32)17-16(11-6-4-3-5-7-11)13(10-28)20(29)30(19(17)22(33)37-2)18-14(24)8-12(38-23(25,26)27)9-15(18)31(34)35/h3-9,16H,29H2,1-2H3. The number of benzene rings is 2. The Bertz CT molecular complexity index is 1420. The van der Waals surface area contributed by atoms with Crippen molar-refractivity contribution in [3.05, 3.63) is 85.3 Å². The van der Waals surface area contributed by atoms with Crippen LogP contribution in [-0.2, 0) is 19.1 Å². The Morgan fingerprint density at radius 1 is 1.16 bits per heavy atom. The van der Waals surface area contributed by atoms with Crippen LogP contribution >= 0.6 is 15.9 Å². The van der Waals surface area contributed by atoms with E-state index in [-0.39, 0.29) is 5.57 Å². The van der Waals surface area contributed by atoms with Crippen LogP contribution in [0.5, 0.6) is 5.75 Å². The number of esters is 2. The number of allylic oxidation sites excluding steroid dienone is 1. The Balaban J connectivity index is 2.48. The minimum Gasteiger partial charge on any atom is -0.466 e. The number of halogens is 4. The molecule has 0 fully saturated rings. The predicted molar refractivity (Wildman–Crippen MR) is 127 cm³/mol. The molecule has 3 rings (SSSR count). The second kappa shape index (κ2) is 10.8. The van der Waals surface area contributed by atoms with Crippen LogP contribution in [0.4, 0.5) is 24.5 Å². The number of anilines is 1. The first-order valence-electron chi connectivity index (χ1n) is 10.3. The van der Waals surface area contributed by atoms with Crippen LogP contribution in [0.2, 0.25) is 0 Å². The molecule has 0 aliphatic carbocycles. The van der Waals surface area contributed by atoms with Gasteiger partial charge in [0.15, 0.2) is 0 Å². The number of nitrogens with zero attached hydrogens (tertiary/aromatic N) is 3. The summed E-state index contributed by atoms with van der Waals surface area (Å²) in [5, 5.41) is 22.0. The number of nitrogens with two attached hydrogens (primary N) is 1. The van der Waals surface area contributed by atoms with Crippen molar-refractivity contribution in [3.8, 4) is 11.8 Å². The van der Waals surface area contributed by atoms with Crippen molar-refractivity contribution in [3.63, 3.8) is 0 Å². The van der Waals surface area contributed by atoms with Gasteiger partial charge in [-0.05, 0) is 27.6 Å². The van der Waals surface area contributed by atoms with E-state index in [4.69, 9.17) is 15.2 Å². The zero-order valence-corrected chi connectivity index (χ0v) is 21.0. The van der Waals surface area contributed by atoms with Crippen molar-refractivity contribution in [2.24, 2.45) is 5.73 Å². The number of nitriles is 1. The monoisotopic (exact) mass is 596 g/mol. The highest BCUT2D eigenvalue weighted by Crippen LogP contribution is 2.48. The van der Waals surface area contributed by atoms with E-state index < -0.39 is 67.8 Å². The van der Waals surface area contributed by atoms with E-state index in [1.54, 1.807) is 30.3 Å². The lowest BCUT2D eigenvalue weighted by Crippen LogP contribution is -2.41. The summed E-state index contributed by atoms with van der Waals surface area (Å²) >= 11 is 2.97. The van der Waals surface area contributed by atoms with Gasteiger partial charge in [0.1, 0.15) is 23.0 Å². The quantitative estimate of drug-likeness (QED) is 0.291. The number of ether oxygens (including phenoxy) is 3. The van der Waals surface area contributed by atoms with Crippen molar-refractivity contribution in [2.45, 2.75) is 12.3 Å². The highest BCUT2D eigenvalue weighted by Gasteiger charge is 2.45. The minimum atomic E-state index is -5.18. The fourth-order valence-corrected chi connectivity index (χ4v) is 4.47. The molecule has 11 nitrogen and oxygen atoms in total. The molecule has 0 saturated heterocycles. The maximum atomic E-state index is 13.1. The fraction of sp³-hybridized carbons (Fsp3) is 0.174. The lowest BCUT2D eigenvalue weighted by Gasteiger charge is -2.36. The summed E-state index contributed by atoms with van der Waals surface area (Å²) in [5.74, 6) is -5.05. The van der Waals surface area contributed by atoms with E-state index in [1.165, 1.54) is 0 Å². The third-order valence-corrected chi connectivity index (χ3v) is 5.89. The third-order valence-electron chi connectivity index (χ3n) is 5.28. The van der Waals surface area contributed by atoms with Crippen LogP contribution in [0.25, 0.3) is 0 Å². The number of methoxy groups -OCH3 is 2. The van der Waals surface area contributed by atoms with Gasteiger partial charge >= 0.3 is 18.3 Å². The lowest BCUT2D eigenvalue weighted by molar-refractivity contribution is -0.384. The molecule has 0 bridgehead atoms. The topological polar surface area (TPSA) is 158 Å². The molecule has 0 aromatic heterocycles.